The van der Waals surface area contributed by atoms with E-state index in [2.05, 4.69) is 123 Å². The highest BCUT2D eigenvalue weighted by Crippen LogP contribution is 2.55. The van der Waals surface area contributed by atoms with Crippen molar-refractivity contribution in [2.75, 3.05) is 23.5 Å². The third-order valence-electron chi connectivity index (χ3n) is 8.94. The summed E-state index contributed by atoms with van der Waals surface area (Å²) in [5.74, 6) is 0. The second kappa shape index (κ2) is 9.98. The largest absolute Gasteiger partial charge is 0.355 e. The van der Waals surface area contributed by atoms with Gasteiger partial charge in [-0.2, -0.15) is 0 Å². The number of aryl methyl sites for hydroxylation is 1. The maximum atomic E-state index is 2.54. The lowest BCUT2D eigenvalue weighted by Crippen LogP contribution is -2.25. The second-order valence-corrected chi connectivity index (χ2v) is 11.4. The fourth-order valence-corrected chi connectivity index (χ4v) is 6.98. The molecular formula is C36H40N2. The topological polar surface area (TPSA) is 6.48 Å². The summed E-state index contributed by atoms with van der Waals surface area (Å²) in [5, 5.41) is 0. The van der Waals surface area contributed by atoms with Gasteiger partial charge in [0.15, 0.2) is 0 Å². The Labute approximate surface area is 228 Å². The van der Waals surface area contributed by atoms with Crippen LogP contribution in [-0.2, 0) is 5.41 Å². The Bertz CT molecular complexity index is 1460. The first kappa shape index (κ1) is 24.8. The molecule has 0 N–H and O–H groups in total. The normalized spacial score (nSPS) is 14.9. The van der Waals surface area contributed by atoms with Gasteiger partial charge in [0, 0.05) is 18.2 Å². The summed E-state index contributed by atoms with van der Waals surface area (Å²) in [7, 11) is 2.18. The quantitative estimate of drug-likeness (QED) is 0.237. The lowest BCUT2D eigenvalue weighted by molar-refractivity contribution is 0.414. The van der Waals surface area contributed by atoms with E-state index in [-0.39, 0.29) is 5.41 Å². The van der Waals surface area contributed by atoms with Crippen LogP contribution in [0.1, 0.15) is 69.1 Å². The molecular weight excluding hydrogens is 460 g/mol. The molecule has 0 bridgehead atoms. The van der Waals surface area contributed by atoms with E-state index in [1.54, 1.807) is 11.1 Å². The molecule has 0 spiro atoms. The number of fused-ring (bicyclic) bond motifs is 4. The third kappa shape index (κ3) is 3.93. The van der Waals surface area contributed by atoms with Gasteiger partial charge in [0.05, 0.1) is 18.0 Å². The first-order valence-corrected chi connectivity index (χ1v) is 14.5. The molecule has 4 aromatic rings. The van der Waals surface area contributed by atoms with Crippen molar-refractivity contribution in [3.63, 3.8) is 0 Å². The van der Waals surface area contributed by atoms with Gasteiger partial charge < -0.3 is 9.80 Å². The molecule has 4 aromatic carbocycles. The van der Waals surface area contributed by atoms with Crippen LogP contribution in [0.4, 0.5) is 17.1 Å². The average molecular weight is 501 g/mol. The first-order valence-electron chi connectivity index (χ1n) is 14.5. The Kier molecular flexibility index (Phi) is 6.51. The average Bonchev–Trinajstić information content (AvgIpc) is 3.43. The summed E-state index contributed by atoms with van der Waals surface area (Å²) in [5.41, 5.74) is 14.0. The molecule has 1 heterocycles. The molecule has 2 aliphatic rings. The molecule has 0 aromatic heterocycles. The number of rotatable bonds is 8. The number of nitrogens with zero attached hydrogens (tertiary/aromatic N) is 2. The number of unbranched alkanes of at least 4 members (excludes halogenated alkanes) is 2. The highest BCUT2D eigenvalue weighted by molar-refractivity contribution is 5.86. The Balaban J connectivity index is 1.41. The molecule has 0 amide bonds. The van der Waals surface area contributed by atoms with Gasteiger partial charge in [-0.25, -0.2) is 0 Å². The minimum atomic E-state index is 0.132. The molecule has 38 heavy (non-hydrogen) atoms. The third-order valence-corrected chi connectivity index (χ3v) is 8.94. The monoisotopic (exact) mass is 500 g/mol. The smallest absolute Gasteiger partial charge is 0.0950 e. The minimum Gasteiger partial charge on any atom is -0.355 e. The van der Waals surface area contributed by atoms with Gasteiger partial charge in [-0.15, -0.1) is 0 Å². The molecule has 2 nitrogen and oxygen atoms in total. The maximum absolute atomic E-state index is 2.54. The van der Waals surface area contributed by atoms with Crippen LogP contribution in [0.2, 0.25) is 0 Å². The summed E-state index contributed by atoms with van der Waals surface area (Å²) in [4.78, 5) is 4.77. The highest BCUT2D eigenvalue weighted by Gasteiger charge is 2.42. The Morgan fingerprint density at radius 2 is 1.29 bits per heavy atom. The number of benzene rings is 4. The summed E-state index contributed by atoms with van der Waals surface area (Å²) in [6, 6.07) is 32.2. The van der Waals surface area contributed by atoms with Crippen LogP contribution in [0.5, 0.6) is 0 Å². The summed E-state index contributed by atoms with van der Waals surface area (Å²) in [6.07, 6.45) is 7.47. The van der Waals surface area contributed by atoms with Gasteiger partial charge in [0.2, 0.25) is 0 Å². The zero-order valence-electron chi connectivity index (χ0n) is 23.4. The van der Waals surface area contributed by atoms with Crippen molar-refractivity contribution in [2.24, 2.45) is 0 Å². The summed E-state index contributed by atoms with van der Waals surface area (Å²) in [6.45, 7) is 7.79. The van der Waals surface area contributed by atoms with Crippen molar-refractivity contribution in [1.29, 1.82) is 0 Å². The van der Waals surface area contributed by atoms with Crippen molar-refractivity contribution >= 4 is 17.1 Å². The van der Waals surface area contributed by atoms with Crippen molar-refractivity contribution in [3.8, 4) is 22.3 Å². The van der Waals surface area contributed by atoms with Crippen molar-refractivity contribution < 1.29 is 0 Å². The van der Waals surface area contributed by atoms with Crippen LogP contribution in [0, 0.1) is 6.92 Å². The van der Waals surface area contributed by atoms with Crippen LogP contribution in [-0.4, -0.2) is 13.7 Å². The molecule has 0 unspecified atom stereocenters. The SMILES string of the molecule is CCCCC1(CCCC)c2ccccc2-c2ccc(-c3ccc(N4CN(C)c5ccccc54)c(C)c3)cc21. The van der Waals surface area contributed by atoms with E-state index in [9.17, 15) is 0 Å². The Morgan fingerprint density at radius 1 is 0.658 bits per heavy atom. The second-order valence-electron chi connectivity index (χ2n) is 11.4. The number of anilines is 3. The zero-order valence-corrected chi connectivity index (χ0v) is 23.4. The Hall–Kier alpha value is -3.52. The van der Waals surface area contributed by atoms with Gasteiger partial charge in [0.1, 0.15) is 0 Å². The van der Waals surface area contributed by atoms with Crippen molar-refractivity contribution in [2.45, 2.75) is 64.7 Å². The fourth-order valence-electron chi connectivity index (χ4n) is 6.98. The van der Waals surface area contributed by atoms with Crippen LogP contribution >= 0.6 is 0 Å². The predicted molar refractivity (Wildman–Crippen MR) is 164 cm³/mol. The molecule has 0 atom stereocenters. The molecule has 0 saturated heterocycles. The molecule has 0 radical (unpaired) electrons. The van der Waals surface area contributed by atoms with E-state index in [0.29, 0.717) is 0 Å². The lowest BCUT2D eigenvalue weighted by atomic mass is 9.70. The van der Waals surface area contributed by atoms with E-state index in [1.807, 2.05) is 0 Å². The zero-order chi connectivity index (χ0) is 26.3. The van der Waals surface area contributed by atoms with Crippen LogP contribution in [0.3, 0.4) is 0 Å². The van der Waals surface area contributed by atoms with Gasteiger partial charge in [0.25, 0.3) is 0 Å². The lowest BCUT2D eigenvalue weighted by Gasteiger charge is -2.33. The number of hydrogen-bond donors (Lipinski definition) is 0. The summed E-state index contributed by atoms with van der Waals surface area (Å²) < 4.78 is 0. The maximum Gasteiger partial charge on any atom is 0.0950 e. The molecule has 2 heteroatoms. The molecule has 0 fully saturated rings. The molecule has 0 saturated carbocycles. The molecule has 6 rings (SSSR count). The van der Waals surface area contributed by atoms with E-state index in [1.165, 1.54) is 83.4 Å². The van der Waals surface area contributed by atoms with Crippen LogP contribution in [0.15, 0.2) is 84.9 Å². The first-order chi connectivity index (χ1) is 18.6. The summed E-state index contributed by atoms with van der Waals surface area (Å²) >= 11 is 0. The van der Waals surface area contributed by atoms with Gasteiger partial charge in [-0.3, -0.25) is 0 Å². The predicted octanol–water partition coefficient (Wildman–Crippen LogP) is 9.85. The van der Waals surface area contributed by atoms with Gasteiger partial charge in [-0.1, -0.05) is 94.1 Å². The van der Waals surface area contributed by atoms with Crippen LogP contribution in [0.25, 0.3) is 22.3 Å². The number of para-hydroxylation sites is 2. The minimum absolute atomic E-state index is 0.132. The Morgan fingerprint density at radius 3 is 2.03 bits per heavy atom. The van der Waals surface area contributed by atoms with E-state index >= 15 is 0 Å². The molecule has 1 aliphatic heterocycles. The van der Waals surface area contributed by atoms with E-state index in [0.717, 1.165) is 6.67 Å². The van der Waals surface area contributed by atoms with Crippen LogP contribution < -0.4 is 9.80 Å². The van der Waals surface area contributed by atoms with Gasteiger partial charge >= 0.3 is 0 Å². The standard InChI is InChI=1S/C36H40N2/c1-5-7-21-36(22-8-6-2)31-14-10-9-13-29(31)30-19-17-28(24-32(30)36)27-18-20-33(26(3)23-27)38-25-37(4)34-15-11-12-16-35(34)38/h9-20,23-24H,5-8,21-22,25H2,1-4H3. The molecule has 194 valence electrons. The van der Waals surface area contributed by atoms with Crippen molar-refractivity contribution in [3.05, 3.63) is 102 Å². The van der Waals surface area contributed by atoms with E-state index < -0.39 is 0 Å². The fraction of sp³-hybridized carbons (Fsp3) is 0.333. The number of hydrogen-bond acceptors (Lipinski definition) is 2. The van der Waals surface area contributed by atoms with Gasteiger partial charge in [-0.05, 0) is 89.0 Å². The highest BCUT2D eigenvalue weighted by atomic mass is 15.4. The van der Waals surface area contributed by atoms with E-state index in [4.69, 9.17) is 0 Å². The molecule has 1 aliphatic carbocycles. The van der Waals surface area contributed by atoms with Crippen molar-refractivity contribution in [1.82, 2.24) is 0 Å².